The molecule has 0 aliphatic rings. The molecule has 0 aliphatic carbocycles. The van der Waals surface area contributed by atoms with Gasteiger partial charge in [-0.25, -0.2) is 0 Å². The van der Waals surface area contributed by atoms with Crippen molar-refractivity contribution in [2.24, 2.45) is 0 Å². The van der Waals surface area contributed by atoms with Gasteiger partial charge >= 0.3 is 5.97 Å². The Morgan fingerprint density at radius 2 is 1.89 bits per heavy atom. The Morgan fingerprint density at radius 1 is 1.33 bits per heavy atom. The number of nitrogens with one attached hydrogen (secondary N) is 2. The van der Waals surface area contributed by atoms with E-state index in [2.05, 4.69) is 10.6 Å². The van der Waals surface area contributed by atoms with Crippen LogP contribution in [0.4, 0.5) is 0 Å². The van der Waals surface area contributed by atoms with Gasteiger partial charge in [-0.05, 0) is 0 Å². The summed E-state index contributed by atoms with van der Waals surface area (Å²) >= 11 is 0.663. The van der Waals surface area contributed by atoms with Crippen LogP contribution < -0.4 is 10.6 Å². The highest BCUT2D eigenvalue weighted by molar-refractivity contribution is 8.14. The summed E-state index contributed by atoms with van der Waals surface area (Å²) in [6.45, 7) is 5.35. The molecular weight excluding hydrogens is 260 g/mol. The lowest BCUT2D eigenvalue weighted by Gasteiger charge is -2.14. The van der Waals surface area contributed by atoms with Gasteiger partial charge in [-0.2, -0.15) is 0 Å². The summed E-state index contributed by atoms with van der Waals surface area (Å²) in [5.41, 5.74) is 0. The lowest BCUT2D eigenvalue weighted by molar-refractivity contribution is -0.138. The zero-order chi connectivity index (χ0) is 14.6. The fraction of sp³-hybridized carbons (Fsp3) is 0.600. The van der Waals surface area contributed by atoms with Gasteiger partial charge in [0.2, 0.25) is 17.4 Å². The summed E-state index contributed by atoms with van der Waals surface area (Å²) in [7, 11) is 0. The number of hydrogen-bond acceptors (Lipinski definition) is 5. The van der Waals surface area contributed by atoms with Crippen LogP contribution in [0.3, 0.4) is 0 Å². The summed E-state index contributed by atoms with van der Waals surface area (Å²) in [5, 5.41) is 11.8. The van der Waals surface area contributed by atoms with E-state index >= 15 is 0 Å². The molecule has 0 radical (unpaired) electrons. The molecule has 0 aromatic heterocycles. The molecule has 104 valence electrons. The molecule has 1 atom stereocenters. The van der Waals surface area contributed by atoms with E-state index in [-0.39, 0.29) is 12.5 Å². The Hall–Kier alpha value is -1.57. The van der Waals surface area contributed by atoms with Gasteiger partial charge in [-0.1, -0.05) is 25.6 Å². The van der Waals surface area contributed by atoms with E-state index < -0.39 is 22.9 Å². The zero-order valence-electron chi connectivity index (χ0n) is 10.6. The molecule has 1 unspecified atom stereocenters. The predicted molar refractivity (Wildman–Crippen MR) is 67.9 cm³/mol. The highest BCUT2D eigenvalue weighted by atomic mass is 32.2. The van der Waals surface area contributed by atoms with Gasteiger partial charge in [0.05, 0.1) is 5.37 Å². The number of aliphatic carboxylic acids is 1. The number of carboxylic acids is 1. The number of thioether (sulfide) groups is 1. The second-order valence-electron chi connectivity index (χ2n) is 2.77. The molecule has 0 saturated heterocycles. The molecule has 7 nitrogen and oxygen atoms in total. The second kappa shape index (κ2) is 11.9. The van der Waals surface area contributed by atoms with Gasteiger partial charge in [0, 0.05) is 13.5 Å². The van der Waals surface area contributed by atoms with Crippen LogP contribution in [0.25, 0.3) is 0 Å². The number of carboxylic acid groups (broad SMARTS) is 1. The highest BCUT2D eigenvalue weighted by Gasteiger charge is 2.16. The van der Waals surface area contributed by atoms with Crippen LogP contribution in [0, 0.1) is 0 Å². The van der Waals surface area contributed by atoms with Crippen molar-refractivity contribution in [1.82, 2.24) is 10.6 Å². The van der Waals surface area contributed by atoms with Crippen molar-refractivity contribution in [3.63, 3.8) is 0 Å². The van der Waals surface area contributed by atoms with Crippen molar-refractivity contribution in [1.29, 1.82) is 0 Å². The molecule has 8 heteroatoms. The van der Waals surface area contributed by atoms with Gasteiger partial charge in [-0.3, -0.25) is 19.2 Å². The molecule has 0 saturated carbocycles. The maximum Gasteiger partial charge on any atom is 0.311 e. The number of amides is 2. The Labute approximate surface area is 110 Å². The first-order valence-corrected chi connectivity index (χ1v) is 6.19. The molecule has 0 bridgehead atoms. The van der Waals surface area contributed by atoms with Crippen LogP contribution in [0.2, 0.25) is 0 Å². The molecule has 2 amide bonds. The van der Waals surface area contributed by atoms with Crippen LogP contribution in [0.15, 0.2) is 0 Å². The molecule has 0 spiro atoms. The third-order valence-corrected chi connectivity index (χ3v) is 2.35. The van der Waals surface area contributed by atoms with Gasteiger partial charge in [0.1, 0.15) is 6.42 Å². The first-order chi connectivity index (χ1) is 8.45. The van der Waals surface area contributed by atoms with Crippen molar-refractivity contribution < 1.29 is 24.3 Å². The molecule has 0 fully saturated rings. The maximum atomic E-state index is 11.1. The zero-order valence-corrected chi connectivity index (χ0v) is 11.4. The summed E-state index contributed by atoms with van der Waals surface area (Å²) in [6, 6.07) is 0. The SMILES string of the molecule is CC.CC(=O)NCC(NC=O)SC(=O)CC(=O)O. The topological polar surface area (TPSA) is 113 Å². The quantitative estimate of drug-likeness (QED) is 0.342. The van der Waals surface area contributed by atoms with E-state index in [1.807, 2.05) is 13.8 Å². The fourth-order valence-electron chi connectivity index (χ4n) is 0.771. The normalized spacial score (nSPS) is 10.4. The van der Waals surface area contributed by atoms with Gasteiger partial charge in [0.25, 0.3) is 0 Å². The molecular formula is C10H18N2O5S. The third kappa shape index (κ3) is 12.5. The average molecular weight is 278 g/mol. The minimum absolute atomic E-state index is 0.0596. The van der Waals surface area contributed by atoms with Crippen LogP contribution in [0.1, 0.15) is 27.2 Å². The lowest BCUT2D eigenvalue weighted by atomic mass is 10.5. The van der Waals surface area contributed by atoms with Crippen molar-refractivity contribution in [3.8, 4) is 0 Å². The van der Waals surface area contributed by atoms with Crippen molar-refractivity contribution in [2.45, 2.75) is 32.6 Å². The first-order valence-electron chi connectivity index (χ1n) is 5.31. The Bertz CT molecular complexity index is 296. The first kappa shape index (κ1) is 18.8. The van der Waals surface area contributed by atoms with Crippen molar-refractivity contribution in [2.75, 3.05) is 6.54 Å². The van der Waals surface area contributed by atoms with Crippen LogP contribution in [-0.2, 0) is 19.2 Å². The summed E-state index contributed by atoms with van der Waals surface area (Å²) in [5.74, 6) is -1.54. The number of carbonyl (C=O) groups is 4. The number of carbonyl (C=O) groups excluding carboxylic acids is 3. The molecule has 0 aliphatic heterocycles. The molecule has 0 aromatic carbocycles. The Balaban J connectivity index is 0. The highest BCUT2D eigenvalue weighted by Crippen LogP contribution is 2.10. The molecule has 0 rings (SSSR count). The lowest BCUT2D eigenvalue weighted by Crippen LogP contribution is -2.38. The minimum Gasteiger partial charge on any atom is -0.481 e. The van der Waals surface area contributed by atoms with Gasteiger partial charge in [0.15, 0.2) is 0 Å². The minimum atomic E-state index is -1.23. The summed E-state index contributed by atoms with van der Waals surface area (Å²) in [4.78, 5) is 42.1. The molecule has 0 aromatic rings. The molecule has 18 heavy (non-hydrogen) atoms. The standard InChI is InChI=1S/C8H12N2O5S.C2H6/c1-5(12)9-3-6(10-4-11)16-8(15)2-7(13)14;1-2/h4,6H,2-3H2,1H3,(H,9,12)(H,10,11)(H,13,14);1-2H3. The van der Waals surface area contributed by atoms with Crippen LogP contribution in [0.5, 0.6) is 0 Å². The van der Waals surface area contributed by atoms with E-state index in [4.69, 9.17) is 5.11 Å². The second-order valence-corrected chi connectivity index (χ2v) is 4.03. The van der Waals surface area contributed by atoms with Crippen molar-refractivity contribution >= 4 is 35.2 Å². The van der Waals surface area contributed by atoms with Crippen molar-refractivity contribution in [3.05, 3.63) is 0 Å². The maximum absolute atomic E-state index is 11.1. The summed E-state index contributed by atoms with van der Waals surface area (Å²) in [6.07, 6.45) is -0.241. The molecule has 0 heterocycles. The van der Waals surface area contributed by atoms with E-state index in [0.717, 1.165) is 0 Å². The van der Waals surface area contributed by atoms with E-state index in [0.29, 0.717) is 18.2 Å². The average Bonchev–Trinajstić information content (AvgIpc) is 2.27. The number of hydrogen-bond donors (Lipinski definition) is 3. The predicted octanol–water partition coefficient (Wildman–Crippen LogP) is -0.0447. The fourth-order valence-corrected chi connectivity index (χ4v) is 1.59. The van der Waals surface area contributed by atoms with E-state index in [9.17, 15) is 19.2 Å². The van der Waals surface area contributed by atoms with Crippen LogP contribution >= 0.6 is 11.8 Å². The van der Waals surface area contributed by atoms with Crippen LogP contribution in [-0.4, -0.2) is 40.4 Å². The third-order valence-electron chi connectivity index (χ3n) is 1.36. The largest absolute Gasteiger partial charge is 0.481 e. The van der Waals surface area contributed by atoms with E-state index in [1.165, 1.54) is 6.92 Å². The smallest absolute Gasteiger partial charge is 0.311 e. The van der Waals surface area contributed by atoms with Gasteiger partial charge in [-0.15, -0.1) is 0 Å². The Kier molecular flexibility index (Phi) is 12.4. The Morgan fingerprint density at radius 3 is 2.28 bits per heavy atom. The molecule has 3 N–H and O–H groups in total. The monoisotopic (exact) mass is 278 g/mol. The van der Waals surface area contributed by atoms with E-state index in [1.54, 1.807) is 0 Å². The van der Waals surface area contributed by atoms with Gasteiger partial charge < -0.3 is 15.7 Å². The number of rotatable bonds is 7. The summed E-state index contributed by atoms with van der Waals surface area (Å²) < 4.78 is 0.